The van der Waals surface area contributed by atoms with Gasteiger partial charge < -0.3 is 10.6 Å². The lowest BCUT2D eigenvalue weighted by molar-refractivity contribution is 0.491. The highest BCUT2D eigenvalue weighted by molar-refractivity contribution is 6.33. The van der Waals surface area contributed by atoms with Crippen molar-refractivity contribution in [1.29, 1.82) is 0 Å². The van der Waals surface area contributed by atoms with Crippen molar-refractivity contribution in [2.24, 2.45) is 10.7 Å². The Morgan fingerprint density at radius 1 is 1.14 bits per heavy atom. The van der Waals surface area contributed by atoms with E-state index in [0.717, 1.165) is 6.07 Å². The molecule has 3 rings (SSSR count). The second-order valence-electron chi connectivity index (χ2n) is 4.68. The van der Waals surface area contributed by atoms with Crippen molar-refractivity contribution in [3.8, 4) is 0 Å². The van der Waals surface area contributed by atoms with E-state index in [1.54, 1.807) is 29.2 Å². The summed E-state index contributed by atoms with van der Waals surface area (Å²) in [5.41, 5.74) is 6.72. The molecule has 0 aromatic heterocycles. The van der Waals surface area contributed by atoms with Gasteiger partial charge in [-0.2, -0.15) is 0 Å². The average Bonchev–Trinajstić information content (AvgIpc) is 2.84. The molecule has 1 atom stereocenters. The van der Waals surface area contributed by atoms with Crippen LogP contribution in [0.5, 0.6) is 0 Å². The zero-order valence-corrected chi connectivity index (χ0v) is 11.7. The van der Waals surface area contributed by atoms with Gasteiger partial charge in [0.1, 0.15) is 0 Å². The summed E-state index contributed by atoms with van der Waals surface area (Å²) < 4.78 is 27.5. The minimum Gasteiger partial charge on any atom is -0.369 e. The van der Waals surface area contributed by atoms with E-state index >= 15 is 0 Å². The molecular weight excluding hydrogens is 296 g/mol. The van der Waals surface area contributed by atoms with Gasteiger partial charge in [0.2, 0.25) is 0 Å². The topological polar surface area (TPSA) is 41.6 Å². The van der Waals surface area contributed by atoms with Crippen molar-refractivity contribution >= 4 is 23.2 Å². The number of benzene rings is 2. The normalized spacial score (nSPS) is 18.0. The first-order valence-corrected chi connectivity index (χ1v) is 6.75. The van der Waals surface area contributed by atoms with E-state index in [0.29, 0.717) is 10.7 Å². The Morgan fingerprint density at radius 3 is 2.67 bits per heavy atom. The maximum Gasteiger partial charge on any atom is 0.196 e. The van der Waals surface area contributed by atoms with Crippen molar-refractivity contribution in [3.05, 3.63) is 64.7 Å². The molecule has 3 nitrogen and oxygen atoms in total. The molecule has 108 valence electrons. The molecular formula is C15H12ClF2N3. The number of hydrogen-bond donors (Lipinski definition) is 1. The second kappa shape index (κ2) is 5.33. The van der Waals surface area contributed by atoms with Gasteiger partial charge in [-0.05, 0) is 18.2 Å². The zero-order chi connectivity index (χ0) is 15.0. The highest BCUT2D eigenvalue weighted by Gasteiger charge is 2.32. The summed E-state index contributed by atoms with van der Waals surface area (Å²) in [4.78, 5) is 5.76. The van der Waals surface area contributed by atoms with Gasteiger partial charge in [0.25, 0.3) is 0 Å². The second-order valence-corrected chi connectivity index (χ2v) is 5.09. The summed E-state index contributed by atoms with van der Waals surface area (Å²) in [7, 11) is 0. The number of para-hydroxylation sites is 1. The number of anilines is 1. The maximum absolute atomic E-state index is 14.0. The van der Waals surface area contributed by atoms with Crippen LogP contribution in [0.1, 0.15) is 11.6 Å². The van der Waals surface area contributed by atoms with Crippen LogP contribution in [0.15, 0.2) is 47.5 Å². The van der Waals surface area contributed by atoms with Crippen LogP contribution in [-0.4, -0.2) is 12.5 Å². The maximum atomic E-state index is 14.0. The van der Waals surface area contributed by atoms with Gasteiger partial charge in [-0.1, -0.05) is 35.9 Å². The molecule has 6 heteroatoms. The van der Waals surface area contributed by atoms with E-state index in [-0.39, 0.29) is 18.1 Å². The number of halogens is 3. The predicted molar refractivity (Wildman–Crippen MR) is 79.5 cm³/mol. The molecule has 21 heavy (non-hydrogen) atoms. The summed E-state index contributed by atoms with van der Waals surface area (Å²) >= 11 is 6.17. The van der Waals surface area contributed by atoms with E-state index in [2.05, 4.69) is 4.99 Å². The number of nitrogens with two attached hydrogens (primary N) is 1. The van der Waals surface area contributed by atoms with Crippen LogP contribution in [0.4, 0.5) is 14.5 Å². The number of nitrogens with zero attached hydrogens (tertiary/aromatic N) is 2. The first-order chi connectivity index (χ1) is 10.1. The predicted octanol–water partition coefficient (Wildman–Crippen LogP) is 3.49. The zero-order valence-electron chi connectivity index (χ0n) is 10.9. The van der Waals surface area contributed by atoms with E-state index in [1.165, 1.54) is 12.1 Å². The van der Waals surface area contributed by atoms with Crippen molar-refractivity contribution in [3.63, 3.8) is 0 Å². The van der Waals surface area contributed by atoms with E-state index < -0.39 is 17.7 Å². The van der Waals surface area contributed by atoms with Crippen LogP contribution in [-0.2, 0) is 0 Å². The molecule has 0 spiro atoms. The smallest absolute Gasteiger partial charge is 0.196 e. The number of aliphatic imine (C=N–C) groups is 1. The summed E-state index contributed by atoms with van der Waals surface area (Å²) in [5.74, 6) is -1.54. The van der Waals surface area contributed by atoms with Crippen LogP contribution in [0.2, 0.25) is 5.02 Å². The molecule has 0 bridgehead atoms. The van der Waals surface area contributed by atoms with Gasteiger partial charge in [0.05, 0.1) is 23.3 Å². The van der Waals surface area contributed by atoms with Gasteiger partial charge in [-0.3, -0.25) is 4.99 Å². The molecule has 1 heterocycles. The first-order valence-electron chi connectivity index (χ1n) is 6.37. The van der Waals surface area contributed by atoms with Gasteiger partial charge in [-0.15, -0.1) is 0 Å². The van der Waals surface area contributed by atoms with Crippen molar-refractivity contribution < 1.29 is 8.78 Å². The summed E-state index contributed by atoms with van der Waals surface area (Å²) in [6.07, 6.45) is 0. The lowest BCUT2D eigenvalue weighted by atomic mass is 10.0. The molecule has 2 aromatic carbocycles. The number of hydrogen-bond acceptors (Lipinski definition) is 3. The van der Waals surface area contributed by atoms with Gasteiger partial charge in [0.15, 0.2) is 17.6 Å². The fourth-order valence-corrected chi connectivity index (χ4v) is 2.68. The molecule has 0 amide bonds. The molecule has 0 radical (unpaired) electrons. The molecule has 0 saturated heterocycles. The minimum atomic E-state index is -0.892. The third-order valence-corrected chi connectivity index (χ3v) is 3.76. The van der Waals surface area contributed by atoms with Crippen molar-refractivity contribution in [1.82, 2.24) is 0 Å². The Morgan fingerprint density at radius 2 is 1.90 bits per heavy atom. The molecule has 2 N–H and O–H groups in total. The van der Waals surface area contributed by atoms with Crippen molar-refractivity contribution in [2.45, 2.75) is 6.04 Å². The third kappa shape index (κ3) is 2.34. The monoisotopic (exact) mass is 307 g/mol. The molecule has 0 aliphatic carbocycles. The molecule has 1 aliphatic heterocycles. The molecule has 1 aliphatic rings. The fourth-order valence-electron chi connectivity index (χ4n) is 2.45. The van der Waals surface area contributed by atoms with E-state index in [9.17, 15) is 8.78 Å². The molecule has 0 fully saturated rings. The third-order valence-electron chi connectivity index (χ3n) is 3.44. The molecule has 1 unspecified atom stereocenters. The first kappa shape index (κ1) is 13.8. The van der Waals surface area contributed by atoms with E-state index in [1.807, 2.05) is 0 Å². The van der Waals surface area contributed by atoms with Crippen LogP contribution in [0.25, 0.3) is 0 Å². The Kier molecular flexibility index (Phi) is 3.51. The highest BCUT2D eigenvalue weighted by Crippen LogP contribution is 2.36. The Hall–Kier alpha value is -2.14. The van der Waals surface area contributed by atoms with Crippen LogP contribution in [0, 0.1) is 11.6 Å². The average molecular weight is 308 g/mol. The van der Waals surface area contributed by atoms with Gasteiger partial charge >= 0.3 is 0 Å². The standard InChI is InChI=1S/C15H12ClF2N3/c16-10-5-1-2-7-12(10)21-13(8-20-15(21)19)9-4-3-6-11(17)14(9)18/h1-7,13H,8H2,(H2,19,20). The highest BCUT2D eigenvalue weighted by atomic mass is 35.5. The van der Waals surface area contributed by atoms with Crippen molar-refractivity contribution in [2.75, 3.05) is 11.4 Å². The quantitative estimate of drug-likeness (QED) is 0.922. The Bertz CT molecular complexity index is 718. The minimum absolute atomic E-state index is 0.208. The van der Waals surface area contributed by atoms with Gasteiger partial charge in [0, 0.05) is 5.56 Å². The van der Waals surface area contributed by atoms with E-state index in [4.69, 9.17) is 17.3 Å². The number of guanidine groups is 1. The van der Waals surface area contributed by atoms with Crippen LogP contribution >= 0.6 is 11.6 Å². The summed E-state index contributed by atoms with van der Waals surface area (Å²) in [6, 6.07) is 10.6. The largest absolute Gasteiger partial charge is 0.369 e. The lowest BCUT2D eigenvalue weighted by Gasteiger charge is -2.27. The summed E-state index contributed by atoms with van der Waals surface area (Å²) in [6.45, 7) is 0.247. The SMILES string of the molecule is NC1=NCC(c2cccc(F)c2F)N1c1ccccc1Cl. The Labute approximate surface area is 125 Å². The fraction of sp³-hybridized carbons (Fsp3) is 0.133. The number of rotatable bonds is 2. The molecule has 0 saturated carbocycles. The van der Waals surface area contributed by atoms with Gasteiger partial charge in [-0.25, -0.2) is 8.78 Å². The lowest BCUT2D eigenvalue weighted by Crippen LogP contribution is -2.36. The van der Waals surface area contributed by atoms with Crippen LogP contribution < -0.4 is 10.6 Å². The molecule has 2 aromatic rings. The summed E-state index contributed by atoms with van der Waals surface area (Å²) in [5, 5.41) is 0.472. The van der Waals surface area contributed by atoms with Crippen LogP contribution in [0.3, 0.4) is 0 Å². The Balaban J connectivity index is 2.08.